The van der Waals surface area contributed by atoms with E-state index in [9.17, 15) is 4.79 Å². The van der Waals surface area contributed by atoms with E-state index in [1.165, 1.54) is 11.3 Å². The van der Waals surface area contributed by atoms with Crippen molar-refractivity contribution in [3.8, 4) is 0 Å². The Balaban J connectivity index is 2.61. The van der Waals surface area contributed by atoms with Crippen molar-refractivity contribution in [3.05, 3.63) is 11.6 Å². The van der Waals surface area contributed by atoms with Gasteiger partial charge in [-0.2, -0.15) is 0 Å². The average molecular weight is 199 g/mol. The van der Waals surface area contributed by atoms with Crippen LogP contribution in [0.1, 0.15) is 20.3 Å². The smallest absolute Gasteiger partial charge is 0.245 e. The van der Waals surface area contributed by atoms with Gasteiger partial charge in [0.1, 0.15) is 0 Å². The quantitative estimate of drug-likeness (QED) is 0.768. The van der Waals surface area contributed by atoms with Crippen LogP contribution in [0.4, 0.5) is 5.13 Å². The zero-order valence-electron chi connectivity index (χ0n) is 7.70. The first-order chi connectivity index (χ1) is 6.06. The Bertz CT molecular complexity index is 282. The van der Waals surface area contributed by atoms with Crippen molar-refractivity contribution in [1.82, 2.24) is 4.98 Å². The molecular formula is C8H13N3OS. The minimum atomic E-state index is -0.814. The highest BCUT2D eigenvalue weighted by atomic mass is 32.1. The number of carbonyl (C=O) groups excluding carboxylic acids is 1. The molecule has 72 valence electrons. The molecule has 0 saturated carbocycles. The molecule has 4 nitrogen and oxygen atoms in total. The maximum atomic E-state index is 11.5. The van der Waals surface area contributed by atoms with Crippen LogP contribution in [0.3, 0.4) is 0 Å². The van der Waals surface area contributed by atoms with E-state index >= 15 is 0 Å². The van der Waals surface area contributed by atoms with Crippen molar-refractivity contribution in [2.45, 2.75) is 25.8 Å². The monoisotopic (exact) mass is 199 g/mol. The van der Waals surface area contributed by atoms with Crippen molar-refractivity contribution in [1.29, 1.82) is 0 Å². The van der Waals surface area contributed by atoms with Crippen molar-refractivity contribution in [2.24, 2.45) is 5.73 Å². The molecule has 0 aliphatic carbocycles. The van der Waals surface area contributed by atoms with E-state index in [-0.39, 0.29) is 5.91 Å². The predicted molar refractivity (Wildman–Crippen MR) is 53.6 cm³/mol. The molecule has 1 aromatic heterocycles. The molecule has 0 fully saturated rings. The summed E-state index contributed by atoms with van der Waals surface area (Å²) >= 11 is 1.38. The lowest BCUT2D eigenvalue weighted by atomic mass is 10.00. The summed E-state index contributed by atoms with van der Waals surface area (Å²) in [7, 11) is 0. The summed E-state index contributed by atoms with van der Waals surface area (Å²) in [5.41, 5.74) is 4.93. The third-order valence-corrected chi connectivity index (χ3v) is 2.59. The highest BCUT2D eigenvalue weighted by Gasteiger charge is 2.26. The summed E-state index contributed by atoms with van der Waals surface area (Å²) in [6.45, 7) is 3.58. The summed E-state index contributed by atoms with van der Waals surface area (Å²) < 4.78 is 0. The first-order valence-corrected chi connectivity index (χ1v) is 4.94. The molecule has 1 unspecified atom stereocenters. The molecule has 0 radical (unpaired) electrons. The molecule has 0 bridgehead atoms. The Morgan fingerprint density at radius 1 is 1.85 bits per heavy atom. The van der Waals surface area contributed by atoms with E-state index in [4.69, 9.17) is 5.73 Å². The minimum Gasteiger partial charge on any atom is -0.318 e. The Morgan fingerprint density at radius 3 is 3.00 bits per heavy atom. The van der Waals surface area contributed by atoms with Gasteiger partial charge in [0.2, 0.25) is 5.91 Å². The maximum Gasteiger partial charge on any atom is 0.245 e. The third kappa shape index (κ3) is 2.50. The zero-order valence-corrected chi connectivity index (χ0v) is 8.52. The largest absolute Gasteiger partial charge is 0.318 e. The number of amides is 1. The van der Waals surface area contributed by atoms with Crippen LogP contribution >= 0.6 is 11.3 Å². The molecule has 3 N–H and O–H groups in total. The van der Waals surface area contributed by atoms with Crippen LogP contribution in [0, 0.1) is 0 Å². The Hall–Kier alpha value is -0.940. The van der Waals surface area contributed by atoms with Gasteiger partial charge in [0.25, 0.3) is 0 Å². The summed E-state index contributed by atoms with van der Waals surface area (Å²) in [4.78, 5) is 15.4. The minimum absolute atomic E-state index is 0.190. The van der Waals surface area contributed by atoms with Gasteiger partial charge < -0.3 is 11.1 Å². The molecule has 13 heavy (non-hydrogen) atoms. The van der Waals surface area contributed by atoms with E-state index in [0.717, 1.165) is 0 Å². The molecule has 0 aliphatic heterocycles. The summed E-state index contributed by atoms with van der Waals surface area (Å²) in [5, 5.41) is 5.05. The van der Waals surface area contributed by atoms with E-state index < -0.39 is 5.54 Å². The number of anilines is 1. The normalized spacial score (nSPS) is 15.0. The van der Waals surface area contributed by atoms with Crippen LogP contribution in [-0.4, -0.2) is 16.4 Å². The SMILES string of the molecule is CCC(C)(N)C(=O)Nc1nccs1. The highest BCUT2D eigenvalue weighted by molar-refractivity contribution is 7.13. The summed E-state index contributed by atoms with van der Waals surface area (Å²) in [5.74, 6) is -0.190. The first-order valence-electron chi connectivity index (χ1n) is 4.06. The standard InChI is InChI=1S/C8H13N3OS/c1-3-8(2,9)6(12)11-7-10-4-5-13-7/h4-5H,3,9H2,1-2H3,(H,10,11,12). The molecule has 0 aliphatic rings. The Kier molecular flexibility index (Phi) is 3.00. The molecule has 0 aromatic carbocycles. The van der Waals surface area contributed by atoms with Gasteiger partial charge in [0.15, 0.2) is 5.13 Å². The number of carbonyl (C=O) groups is 1. The molecule has 0 saturated heterocycles. The molecule has 1 heterocycles. The number of nitrogens with two attached hydrogens (primary N) is 1. The van der Waals surface area contributed by atoms with Crippen LogP contribution < -0.4 is 11.1 Å². The summed E-state index contributed by atoms with van der Waals surface area (Å²) in [6, 6.07) is 0. The lowest BCUT2D eigenvalue weighted by molar-refractivity contribution is -0.120. The lowest BCUT2D eigenvalue weighted by Crippen LogP contribution is -2.47. The molecule has 5 heteroatoms. The van der Waals surface area contributed by atoms with E-state index in [2.05, 4.69) is 10.3 Å². The average Bonchev–Trinajstić information content (AvgIpc) is 2.57. The number of thiazole rings is 1. The third-order valence-electron chi connectivity index (χ3n) is 1.91. The van der Waals surface area contributed by atoms with Crippen LogP contribution in [0.15, 0.2) is 11.6 Å². The Morgan fingerprint density at radius 2 is 2.54 bits per heavy atom. The van der Waals surface area contributed by atoms with Crippen LogP contribution in [0.5, 0.6) is 0 Å². The van der Waals surface area contributed by atoms with Crippen molar-refractivity contribution in [2.75, 3.05) is 5.32 Å². The number of rotatable bonds is 3. The number of nitrogens with one attached hydrogen (secondary N) is 1. The fraction of sp³-hybridized carbons (Fsp3) is 0.500. The van der Waals surface area contributed by atoms with Gasteiger partial charge in [-0.25, -0.2) is 4.98 Å². The Labute approximate surface area is 81.2 Å². The van der Waals surface area contributed by atoms with Crippen molar-refractivity contribution < 1.29 is 4.79 Å². The van der Waals surface area contributed by atoms with E-state index in [0.29, 0.717) is 11.6 Å². The second-order valence-corrected chi connectivity index (χ2v) is 3.96. The fourth-order valence-electron chi connectivity index (χ4n) is 0.686. The first kappa shape index (κ1) is 10.1. The maximum absolute atomic E-state index is 11.5. The number of aromatic nitrogens is 1. The van der Waals surface area contributed by atoms with Gasteiger partial charge in [-0.05, 0) is 13.3 Å². The fourth-order valence-corrected chi connectivity index (χ4v) is 1.21. The molecular weight excluding hydrogens is 186 g/mol. The molecule has 1 rings (SSSR count). The van der Waals surface area contributed by atoms with Crippen molar-refractivity contribution >= 4 is 22.4 Å². The second-order valence-electron chi connectivity index (χ2n) is 3.06. The van der Waals surface area contributed by atoms with Gasteiger partial charge >= 0.3 is 0 Å². The molecule has 1 aromatic rings. The number of hydrogen-bond donors (Lipinski definition) is 2. The van der Waals surface area contributed by atoms with Crippen LogP contribution in [0.2, 0.25) is 0 Å². The molecule has 0 spiro atoms. The van der Waals surface area contributed by atoms with E-state index in [1.54, 1.807) is 18.5 Å². The topological polar surface area (TPSA) is 68.0 Å². The van der Waals surface area contributed by atoms with Crippen LogP contribution in [0.25, 0.3) is 0 Å². The van der Waals surface area contributed by atoms with Gasteiger partial charge in [0.05, 0.1) is 5.54 Å². The van der Waals surface area contributed by atoms with Gasteiger partial charge in [-0.3, -0.25) is 4.79 Å². The summed E-state index contributed by atoms with van der Waals surface area (Å²) in [6.07, 6.45) is 2.24. The molecule has 1 atom stereocenters. The molecule has 1 amide bonds. The van der Waals surface area contributed by atoms with Gasteiger partial charge in [0, 0.05) is 11.6 Å². The predicted octanol–water partition coefficient (Wildman–Crippen LogP) is 1.21. The number of nitrogens with zero attached hydrogens (tertiary/aromatic N) is 1. The highest BCUT2D eigenvalue weighted by Crippen LogP contribution is 2.13. The zero-order chi connectivity index (χ0) is 9.90. The lowest BCUT2D eigenvalue weighted by Gasteiger charge is -2.20. The van der Waals surface area contributed by atoms with Gasteiger partial charge in [-0.1, -0.05) is 6.92 Å². The number of hydrogen-bond acceptors (Lipinski definition) is 4. The van der Waals surface area contributed by atoms with E-state index in [1.807, 2.05) is 6.92 Å². The van der Waals surface area contributed by atoms with Crippen molar-refractivity contribution in [3.63, 3.8) is 0 Å². The van der Waals surface area contributed by atoms with Crippen LogP contribution in [-0.2, 0) is 4.79 Å². The second kappa shape index (κ2) is 3.85. The van der Waals surface area contributed by atoms with Gasteiger partial charge in [-0.15, -0.1) is 11.3 Å².